The van der Waals surface area contributed by atoms with Crippen LogP contribution >= 0.6 is 11.8 Å². The van der Waals surface area contributed by atoms with Crippen molar-refractivity contribution in [3.05, 3.63) is 29.8 Å². The Labute approximate surface area is 122 Å². The summed E-state index contributed by atoms with van der Waals surface area (Å²) in [5, 5.41) is 2.50. The Morgan fingerprint density at radius 1 is 1.30 bits per heavy atom. The first-order valence-corrected chi connectivity index (χ1v) is 7.68. The first-order valence-electron chi connectivity index (χ1n) is 6.53. The first-order chi connectivity index (χ1) is 9.68. The van der Waals surface area contributed by atoms with E-state index in [4.69, 9.17) is 4.74 Å². The Bertz CT molecular complexity index is 477. The van der Waals surface area contributed by atoms with Gasteiger partial charge in [-0.25, -0.2) is 4.79 Å². The molecule has 0 saturated carbocycles. The second-order valence-corrected chi connectivity index (χ2v) is 5.66. The Kier molecular flexibility index (Phi) is 5.29. The summed E-state index contributed by atoms with van der Waals surface area (Å²) in [6.07, 6.45) is 0. The van der Waals surface area contributed by atoms with Crippen molar-refractivity contribution in [3.8, 4) is 5.75 Å². The normalized spacial score (nSPS) is 14.6. The van der Waals surface area contributed by atoms with E-state index in [1.807, 2.05) is 31.2 Å². The highest BCUT2D eigenvalue weighted by molar-refractivity contribution is 7.99. The number of urea groups is 1. The zero-order valence-electron chi connectivity index (χ0n) is 11.4. The Hall–Kier alpha value is -1.69. The van der Waals surface area contributed by atoms with Gasteiger partial charge in [0.15, 0.2) is 0 Å². The molecule has 0 aliphatic carbocycles. The lowest BCUT2D eigenvalue weighted by Crippen LogP contribution is -2.33. The Balaban J connectivity index is 1.59. The highest BCUT2D eigenvalue weighted by Gasteiger charge is 2.27. The number of hydrogen-bond donors (Lipinski definition) is 1. The van der Waals surface area contributed by atoms with E-state index in [0.717, 1.165) is 22.8 Å². The number of ether oxygens (including phenoxy) is 1. The highest BCUT2D eigenvalue weighted by Crippen LogP contribution is 2.16. The molecule has 0 spiro atoms. The number of carbonyl (C=O) groups is 2. The van der Waals surface area contributed by atoms with Gasteiger partial charge in [-0.15, -0.1) is 0 Å². The number of para-hydroxylation sites is 1. The molecule has 1 aromatic rings. The molecule has 1 heterocycles. The van der Waals surface area contributed by atoms with Gasteiger partial charge in [-0.05, 0) is 18.6 Å². The number of rotatable bonds is 7. The number of hydrogen-bond acceptors (Lipinski definition) is 4. The standard InChI is InChI=1S/C14H18N2O3S/c1-11-4-2-3-5-12(11)19-7-9-20-8-6-16-13(17)10-15-14(16)18/h2-5H,6-10H2,1H3,(H,15,18). The van der Waals surface area contributed by atoms with Crippen molar-refractivity contribution in [1.82, 2.24) is 10.2 Å². The second kappa shape index (κ2) is 7.19. The smallest absolute Gasteiger partial charge is 0.324 e. The fourth-order valence-electron chi connectivity index (χ4n) is 1.87. The summed E-state index contributed by atoms with van der Waals surface area (Å²) >= 11 is 1.67. The first kappa shape index (κ1) is 14.7. The summed E-state index contributed by atoms with van der Waals surface area (Å²) < 4.78 is 5.67. The Morgan fingerprint density at radius 3 is 2.80 bits per heavy atom. The average molecular weight is 294 g/mol. The van der Waals surface area contributed by atoms with Crippen molar-refractivity contribution < 1.29 is 14.3 Å². The van der Waals surface area contributed by atoms with Crippen molar-refractivity contribution in [3.63, 3.8) is 0 Å². The van der Waals surface area contributed by atoms with Crippen LogP contribution in [-0.4, -0.2) is 48.0 Å². The molecular weight excluding hydrogens is 276 g/mol. The third-order valence-corrected chi connectivity index (χ3v) is 3.90. The van der Waals surface area contributed by atoms with Gasteiger partial charge in [0.05, 0.1) is 13.2 Å². The maximum atomic E-state index is 11.3. The van der Waals surface area contributed by atoms with Gasteiger partial charge in [0, 0.05) is 18.1 Å². The maximum absolute atomic E-state index is 11.3. The summed E-state index contributed by atoms with van der Waals surface area (Å²) in [7, 11) is 0. The molecule has 0 unspecified atom stereocenters. The van der Waals surface area contributed by atoms with Crippen LogP contribution in [0.1, 0.15) is 5.56 Å². The van der Waals surface area contributed by atoms with Gasteiger partial charge in [0.1, 0.15) is 5.75 Å². The van der Waals surface area contributed by atoms with Crippen molar-refractivity contribution in [1.29, 1.82) is 0 Å². The van der Waals surface area contributed by atoms with Gasteiger partial charge in [-0.2, -0.15) is 11.8 Å². The van der Waals surface area contributed by atoms with Gasteiger partial charge >= 0.3 is 6.03 Å². The molecule has 1 aromatic carbocycles. The molecule has 2 rings (SSSR count). The maximum Gasteiger partial charge on any atom is 0.324 e. The summed E-state index contributed by atoms with van der Waals surface area (Å²) in [6, 6.07) is 7.61. The van der Waals surface area contributed by atoms with Crippen LogP contribution in [0.2, 0.25) is 0 Å². The van der Waals surface area contributed by atoms with E-state index >= 15 is 0 Å². The molecular formula is C14H18N2O3S. The summed E-state index contributed by atoms with van der Waals surface area (Å²) in [5.74, 6) is 2.32. The summed E-state index contributed by atoms with van der Waals surface area (Å²) in [4.78, 5) is 23.9. The fraction of sp³-hybridized carbons (Fsp3) is 0.429. The quantitative estimate of drug-likeness (QED) is 0.614. The van der Waals surface area contributed by atoms with Gasteiger partial charge in [-0.1, -0.05) is 18.2 Å². The second-order valence-electron chi connectivity index (χ2n) is 4.43. The van der Waals surface area contributed by atoms with E-state index in [1.165, 1.54) is 4.90 Å². The van der Waals surface area contributed by atoms with Crippen molar-refractivity contribution in [2.75, 3.05) is 31.2 Å². The molecule has 0 aromatic heterocycles. The third kappa shape index (κ3) is 3.90. The minimum atomic E-state index is -0.285. The van der Waals surface area contributed by atoms with Gasteiger partial charge in [0.2, 0.25) is 5.91 Å². The molecule has 0 bridgehead atoms. The lowest BCUT2D eigenvalue weighted by atomic mass is 10.2. The molecule has 1 fully saturated rings. The summed E-state index contributed by atoms with van der Waals surface area (Å²) in [6.45, 7) is 3.22. The number of amides is 3. The van der Waals surface area contributed by atoms with E-state index in [0.29, 0.717) is 13.2 Å². The lowest BCUT2D eigenvalue weighted by molar-refractivity contribution is -0.124. The zero-order valence-corrected chi connectivity index (χ0v) is 12.2. The predicted molar refractivity (Wildman–Crippen MR) is 79.1 cm³/mol. The summed E-state index contributed by atoms with van der Waals surface area (Å²) in [5.41, 5.74) is 1.12. The molecule has 0 atom stereocenters. The number of aryl methyl sites for hydroxylation is 1. The molecule has 20 heavy (non-hydrogen) atoms. The van der Waals surface area contributed by atoms with E-state index in [-0.39, 0.29) is 18.5 Å². The molecule has 6 heteroatoms. The van der Waals surface area contributed by atoms with E-state index in [1.54, 1.807) is 11.8 Å². The van der Waals surface area contributed by atoms with Gasteiger partial charge in [-0.3, -0.25) is 9.69 Å². The van der Waals surface area contributed by atoms with Crippen LogP contribution in [0.25, 0.3) is 0 Å². The number of benzene rings is 1. The van der Waals surface area contributed by atoms with Crippen LogP contribution in [-0.2, 0) is 4.79 Å². The third-order valence-electron chi connectivity index (χ3n) is 2.98. The number of nitrogens with zero attached hydrogens (tertiary/aromatic N) is 1. The monoisotopic (exact) mass is 294 g/mol. The number of carbonyl (C=O) groups excluding carboxylic acids is 2. The Morgan fingerprint density at radius 2 is 2.10 bits per heavy atom. The van der Waals surface area contributed by atoms with Crippen LogP contribution in [0.3, 0.4) is 0 Å². The molecule has 0 radical (unpaired) electrons. The minimum Gasteiger partial charge on any atom is -0.492 e. The van der Waals surface area contributed by atoms with E-state index in [9.17, 15) is 9.59 Å². The number of imide groups is 1. The molecule has 5 nitrogen and oxygen atoms in total. The van der Waals surface area contributed by atoms with Crippen molar-refractivity contribution in [2.45, 2.75) is 6.92 Å². The number of nitrogens with one attached hydrogen (secondary N) is 1. The molecule has 1 saturated heterocycles. The predicted octanol–water partition coefficient (Wildman–Crippen LogP) is 1.66. The molecule has 3 amide bonds. The lowest BCUT2D eigenvalue weighted by Gasteiger charge is -2.12. The van der Waals surface area contributed by atoms with Crippen molar-refractivity contribution in [2.24, 2.45) is 0 Å². The minimum absolute atomic E-state index is 0.125. The van der Waals surface area contributed by atoms with E-state index < -0.39 is 0 Å². The van der Waals surface area contributed by atoms with Crippen LogP contribution < -0.4 is 10.1 Å². The topological polar surface area (TPSA) is 58.6 Å². The molecule has 1 aliphatic rings. The molecule has 1 N–H and O–H groups in total. The average Bonchev–Trinajstić information content (AvgIpc) is 2.76. The van der Waals surface area contributed by atoms with Crippen LogP contribution in [0, 0.1) is 6.92 Å². The van der Waals surface area contributed by atoms with Gasteiger partial charge < -0.3 is 10.1 Å². The van der Waals surface area contributed by atoms with Gasteiger partial charge in [0.25, 0.3) is 0 Å². The largest absolute Gasteiger partial charge is 0.492 e. The van der Waals surface area contributed by atoms with Crippen molar-refractivity contribution >= 4 is 23.7 Å². The van der Waals surface area contributed by atoms with Crippen LogP contribution in [0.15, 0.2) is 24.3 Å². The van der Waals surface area contributed by atoms with Crippen LogP contribution in [0.4, 0.5) is 4.79 Å². The van der Waals surface area contributed by atoms with Crippen LogP contribution in [0.5, 0.6) is 5.75 Å². The molecule has 108 valence electrons. The highest BCUT2D eigenvalue weighted by atomic mass is 32.2. The van der Waals surface area contributed by atoms with E-state index in [2.05, 4.69) is 5.32 Å². The zero-order chi connectivity index (χ0) is 14.4. The fourth-order valence-corrected chi connectivity index (χ4v) is 2.59. The molecule has 1 aliphatic heterocycles. The SMILES string of the molecule is Cc1ccccc1OCCSCCN1C(=O)CNC1=O. The number of thioether (sulfide) groups is 1.